The molecule has 1 fully saturated rings. The van der Waals surface area contributed by atoms with E-state index in [-0.39, 0.29) is 6.61 Å². The zero-order valence-electron chi connectivity index (χ0n) is 22.9. The highest BCUT2D eigenvalue weighted by molar-refractivity contribution is 5.93. The maximum atomic E-state index is 13.8. The maximum Gasteiger partial charge on any atom is 0.246 e. The van der Waals surface area contributed by atoms with E-state index in [0.29, 0.717) is 52.0 Å². The van der Waals surface area contributed by atoms with Crippen molar-refractivity contribution in [2.75, 3.05) is 45.3 Å². The summed E-state index contributed by atoms with van der Waals surface area (Å²) in [4.78, 5) is 23.4. The second-order valence-electron chi connectivity index (χ2n) is 10.1. The van der Waals surface area contributed by atoms with Gasteiger partial charge in [-0.2, -0.15) is 5.10 Å². The fourth-order valence-corrected chi connectivity index (χ4v) is 5.10. The van der Waals surface area contributed by atoms with Crippen molar-refractivity contribution in [3.05, 3.63) is 66.5 Å². The number of ether oxygens (including phenoxy) is 2. The van der Waals surface area contributed by atoms with Gasteiger partial charge in [-0.1, -0.05) is 12.1 Å². The standard InChI is InChI=1S/C29H34FN7O4/c1-40-25-13-23-24(14-26(25)41-11-3-8-36-9-6-19(17-38)7-10-36)32-18-33-29(23)35-22-15-34-37(16-22)27(28(31)39)20-4-2-5-21(30)12-20/h2,4-5,12-16,18-19,27,38H,3,6-11,17H2,1H3,(H2,31,39)(H,32,33,35). The number of amides is 1. The number of methoxy groups -OCH3 is 1. The van der Waals surface area contributed by atoms with Crippen LogP contribution in [0.5, 0.6) is 11.5 Å². The van der Waals surface area contributed by atoms with Crippen molar-refractivity contribution in [3.8, 4) is 11.5 Å². The lowest BCUT2D eigenvalue weighted by Gasteiger charge is -2.30. The lowest BCUT2D eigenvalue weighted by molar-refractivity contribution is -0.120. The molecule has 4 aromatic rings. The number of halogens is 1. The van der Waals surface area contributed by atoms with Gasteiger partial charge in [-0.15, -0.1) is 0 Å². The first-order valence-corrected chi connectivity index (χ1v) is 13.6. The Hall–Kier alpha value is -4.29. The average molecular weight is 564 g/mol. The summed E-state index contributed by atoms with van der Waals surface area (Å²) < 4.78 is 26.9. The largest absolute Gasteiger partial charge is 0.493 e. The summed E-state index contributed by atoms with van der Waals surface area (Å²) >= 11 is 0. The molecule has 11 nitrogen and oxygen atoms in total. The van der Waals surface area contributed by atoms with Crippen LogP contribution < -0.4 is 20.5 Å². The van der Waals surface area contributed by atoms with Crippen molar-refractivity contribution >= 4 is 28.3 Å². The Balaban J connectivity index is 1.28. The summed E-state index contributed by atoms with van der Waals surface area (Å²) in [6.07, 6.45) is 7.52. The number of carbonyl (C=O) groups is 1. The minimum absolute atomic E-state index is 0.273. The van der Waals surface area contributed by atoms with Crippen LogP contribution in [0.25, 0.3) is 10.9 Å². The van der Waals surface area contributed by atoms with Crippen LogP contribution in [0, 0.1) is 11.7 Å². The van der Waals surface area contributed by atoms with Crippen molar-refractivity contribution in [2.45, 2.75) is 25.3 Å². The number of hydrogen-bond donors (Lipinski definition) is 3. The van der Waals surface area contributed by atoms with E-state index in [2.05, 4.69) is 25.3 Å². The van der Waals surface area contributed by atoms with Crippen LogP contribution >= 0.6 is 0 Å². The fraction of sp³-hybridized carbons (Fsp3) is 0.379. The van der Waals surface area contributed by atoms with Crippen molar-refractivity contribution in [3.63, 3.8) is 0 Å². The molecule has 216 valence electrons. The molecule has 1 atom stereocenters. The monoisotopic (exact) mass is 563 g/mol. The van der Waals surface area contributed by atoms with E-state index < -0.39 is 17.8 Å². The maximum absolute atomic E-state index is 13.8. The van der Waals surface area contributed by atoms with Gasteiger partial charge < -0.3 is 30.5 Å². The number of aliphatic hydroxyl groups is 1. The summed E-state index contributed by atoms with van der Waals surface area (Å²) in [5.74, 6) is 0.941. The summed E-state index contributed by atoms with van der Waals surface area (Å²) in [6.45, 7) is 3.75. The first-order chi connectivity index (χ1) is 19.9. The summed E-state index contributed by atoms with van der Waals surface area (Å²) in [5.41, 5.74) is 7.23. The van der Waals surface area contributed by atoms with E-state index >= 15 is 0 Å². The minimum atomic E-state index is -0.976. The lowest BCUT2D eigenvalue weighted by atomic mass is 9.98. The number of nitrogens with two attached hydrogens (primary N) is 1. The first kappa shape index (κ1) is 28.2. The highest BCUT2D eigenvalue weighted by Crippen LogP contribution is 2.35. The fourth-order valence-electron chi connectivity index (χ4n) is 5.10. The van der Waals surface area contributed by atoms with E-state index in [9.17, 15) is 14.3 Å². The van der Waals surface area contributed by atoms with Crippen LogP contribution in [0.1, 0.15) is 30.9 Å². The van der Waals surface area contributed by atoms with Crippen molar-refractivity contribution in [2.24, 2.45) is 11.7 Å². The third-order valence-corrected chi connectivity index (χ3v) is 7.33. The molecule has 3 heterocycles. The van der Waals surface area contributed by atoms with Crippen molar-refractivity contribution < 1.29 is 23.8 Å². The number of anilines is 2. The molecule has 0 saturated carbocycles. The molecule has 4 N–H and O–H groups in total. The molecule has 1 aliphatic heterocycles. The summed E-state index contributed by atoms with van der Waals surface area (Å²) in [6, 6.07) is 8.36. The van der Waals surface area contributed by atoms with E-state index in [1.54, 1.807) is 19.4 Å². The van der Waals surface area contributed by atoms with Gasteiger partial charge in [0.15, 0.2) is 17.5 Å². The molecular formula is C29H34FN7O4. The molecule has 1 unspecified atom stereocenters. The lowest BCUT2D eigenvalue weighted by Crippen LogP contribution is -2.35. The van der Waals surface area contributed by atoms with E-state index in [1.165, 1.54) is 35.4 Å². The third-order valence-electron chi connectivity index (χ3n) is 7.33. The van der Waals surface area contributed by atoms with Crippen molar-refractivity contribution in [1.29, 1.82) is 0 Å². The van der Waals surface area contributed by atoms with Crippen LogP contribution in [0.2, 0.25) is 0 Å². The van der Waals surface area contributed by atoms with Crippen LogP contribution in [0.15, 0.2) is 55.1 Å². The molecule has 0 bridgehead atoms. The average Bonchev–Trinajstić information content (AvgIpc) is 3.43. The number of fused-ring (bicyclic) bond motifs is 1. The Morgan fingerprint density at radius 1 is 1.22 bits per heavy atom. The minimum Gasteiger partial charge on any atom is -0.493 e. The number of nitrogens with one attached hydrogen (secondary N) is 1. The van der Waals surface area contributed by atoms with Gasteiger partial charge in [0, 0.05) is 30.8 Å². The smallest absolute Gasteiger partial charge is 0.246 e. The topological polar surface area (TPSA) is 141 Å². The number of aromatic nitrogens is 4. The quantitative estimate of drug-likeness (QED) is 0.222. The molecule has 12 heteroatoms. The number of aliphatic hydroxyl groups excluding tert-OH is 1. The normalized spacial score (nSPS) is 15.1. The van der Waals surface area contributed by atoms with Gasteiger partial charge in [-0.05, 0) is 62.0 Å². The summed E-state index contributed by atoms with van der Waals surface area (Å²) in [5, 5.41) is 17.5. The second kappa shape index (κ2) is 12.9. The number of hydrogen-bond acceptors (Lipinski definition) is 9. The Kier molecular flexibility index (Phi) is 8.90. The van der Waals surface area contributed by atoms with E-state index in [1.807, 2.05) is 12.1 Å². The molecule has 2 aromatic carbocycles. The third kappa shape index (κ3) is 6.72. The number of carbonyl (C=O) groups excluding carboxylic acids is 1. The van der Waals surface area contributed by atoms with E-state index in [4.69, 9.17) is 15.2 Å². The molecule has 1 aliphatic rings. The van der Waals surface area contributed by atoms with Gasteiger partial charge in [-0.3, -0.25) is 9.48 Å². The number of benzene rings is 2. The Labute approximate surface area is 237 Å². The van der Waals surface area contributed by atoms with Gasteiger partial charge in [0.25, 0.3) is 0 Å². The summed E-state index contributed by atoms with van der Waals surface area (Å²) in [7, 11) is 1.58. The van der Waals surface area contributed by atoms with Crippen LogP contribution in [-0.2, 0) is 4.79 Å². The van der Waals surface area contributed by atoms with Gasteiger partial charge in [0.2, 0.25) is 5.91 Å². The van der Waals surface area contributed by atoms with Crippen LogP contribution in [0.3, 0.4) is 0 Å². The molecule has 0 aliphatic carbocycles. The zero-order chi connectivity index (χ0) is 28.8. The number of likely N-dealkylation sites (tertiary alicyclic amines) is 1. The molecule has 1 saturated heterocycles. The van der Waals surface area contributed by atoms with Crippen LogP contribution in [0.4, 0.5) is 15.9 Å². The molecule has 1 amide bonds. The van der Waals surface area contributed by atoms with Gasteiger partial charge in [0.05, 0.1) is 31.1 Å². The molecule has 5 rings (SSSR count). The number of piperidine rings is 1. The Morgan fingerprint density at radius 3 is 2.78 bits per heavy atom. The molecule has 41 heavy (non-hydrogen) atoms. The Morgan fingerprint density at radius 2 is 2.05 bits per heavy atom. The zero-order valence-corrected chi connectivity index (χ0v) is 22.9. The van der Waals surface area contributed by atoms with Gasteiger partial charge >= 0.3 is 0 Å². The van der Waals surface area contributed by atoms with E-state index in [0.717, 1.165) is 38.9 Å². The first-order valence-electron chi connectivity index (χ1n) is 13.6. The number of nitrogens with zero attached hydrogens (tertiary/aromatic N) is 5. The molecular weight excluding hydrogens is 529 g/mol. The molecule has 0 radical (unpaired) electrons. The SMILES string of the molecule is COc1cc2c(Nc3cnn(C(C(N)=O)c4cccc(F)c4)c3)ncnc2cc1OCCCN1CCC(CO)CC1. The van der Waals surface area contributed by atoms with Crippen LogP contribution in [-0.4, -0.2) is 75.6 Å². The molecule has 2 aromatic heterocycles. The molecule has 0 spiro atoms. The number of rotatable bonds is 12. The van der Waals surface area contributed by atoms with Gasteiger partial charge in [0.1, 0.15) is 18.0 Å². The van der Waals surface area contributed by atoms with Crippen molar-refractivity contribution in [1.82, 2.24) is 24.6 Å². The second-order valence-corrected chi connectivity index (χ2v) is 10.1. The highest BCUT2D eigenvalue weighted by atomic mass is 19.1. The predicted molar refractivity (Wildman–Crippen MR) is 152 cm³/mol. The highest BCUT2D eigenvalue weighted by Gasteiger charge is 2.22. The van der Waals surface area contributed by atoms with Gasteiger partial charge in [-0.25, -0.2) is 14.4 Å². The Bertz CT molecular complexity index is 1490. The predicted octanol–water partition coefficient (Wildman–Crippen LogP) is 3.27. The number of primary amides is 1.